The second kappa shape index (κ2) is 7.18. The zero-order valence-corrected chi connectivity index (χ0v) is 16.6. The van der Waals surface area contributed by atoms with Crippen LogP contribution in [0.25, 0.3) is 55.7 Å². The third-order valence-electron chi connectivity index (χ3n) is 5.48. The topological polar surface area (TPSA) is 51.8 Å². The van der Waals surface area contributed by atoms with E-state index in [1.165, 1.54) is 0 Å². The molecule has 6 rings (SSSR count). The molecule has 146 valence electrons. The first-order valence-electron chi connectivity index (χ1n) is 10.1. The first-order chi connectivity index (χ1) is 15.4. The Hall–Kier alpha value is -4.31. The lowest BCUT2D eigenvalue weighted by Gasteiger charge is -2.10. The van der Waals surface area contributed by atoms with Gasteiger partial charge in [0, 0.05) is 46.1 Å². The second-order valence-corrected chi connectivity index (χ2v) is 7.33. The lowest BCUT2D eigenvalue weighted by atomic mass is 10.0. The van der Waals surface area contributed by atoms with Crippen LogP contribution in [0.2, 0.25) is 0 Å². The maximum Gasteiger partial charge on any atom is 0.160 e. The molecule has 0 atom stereocenters. The molecule has 0 aliphatic heterocycles. The molecule has 0 bridgehead atoms. The third-order valence-corrected chi connectivity index (χ3v) is 5.48. The van der Waals surface area contributed by atoms with Crippen molar-refractivity contribution in [1.82, 2.24) is 15.0 Å². The highest BCUT2D eigenvalue weighted by atomic mass is 16.3. The van der Waals surface area contributed by atoms with E-state index in [1.807, 2.05) is 72.9 Å². The molecule has 31 heavy (non-hydrogen) atoms. The van der Waals surface area contributed by atoms with Crippen LogP contribution in [0, 0.1) is 0 Å². The molecule has 0 amide bonds. The van der Waals surface area contributed by atoms with Crippen molar-refractivity contribution in [3.63, 3.8) is 0 Å². The van der Waals surface area contributed by atoms with Crippen LogP contribution in [0.5, 0.6) is 0 Å². The van der Waals surface area contributed by atoms with Gasteiger partial charge in [-0.1, -0.05) is 60.7 Å². The van der Waals surface area contributed by atoms with Crippen LogP contribution < -0.4 is 0 Å². The summed E-state index contributed by atoms with van der Waals surface area (Å²) in [4.78, 5) is 13.8. The largest absolute Gasteiger partial charge is 0.455 e. The number of nitrogens with zero attached hydrogens (tertiary/aromatic N) is 3. The highest BCUT2D eigenvalue weighted by molar-refractivity contribution is 6.09. The van der Waals surface area contributed by atoms with Gasteiger partial charge in [-0.25, -0.2) is 9.97 Å². The fourth-order valence-electron chi connectivity index (χ4n) is 4.04. The van der Waals surface area contributed by atoms with Crippen molar-refractivity contribution in [1.29, 1.82) is 0 Å². The maximum absolute atomic E-state index is 6.21. The summed E-state index contributed by atoms with van der Waals surface area (Å²) in [6, 6.07) is 28.3. The minimum atomic E-state index is 0.671. The van der Waals surface area contributed by atoms with Crippen molar-refractivity contribution < 1.29 is 4.42 Å². The van der Waals surface area contributed by atoms with Crippen molar-refractivity contribution >= 4 is 21.9 Å². The molecule has 0 aliphatic rings. The van der Waals surface area contributed by atoms with E-state index < -0.39 is 0 Å². The van der Waals surface area contributed by atoms with Crippen LogP contribution in [0.4, 0.5) is 0 Å². The van der Waals surface area contributed by atoms with E-state index >= 15 is 0 Å². The van der Waals surface area contributed by atoms with Crippen molar-refractivity contribution in [3.05, 3.63) is 104 Å². The highest BCUT2D eigenvalue weighted by Gasteiger charge is 2.15. The molecule has 3 heterocycles. The number of fused-ring (bicyclic) bond motifs is 3. The number of hydrogen-bond acceptors (Lipinski definition) is 4. The molecule has 0 aliphatic carbocycles. The Bertz CT molecular complexity index is 1540. The Balaban J connectivity index is 1.53. The predicted octanol–water partition coefficient (Wildman–Crippen LogP) is 6.77. The molecule has 6 aromatic rings. The Morgan fingerprint density at radius 3 is 2.32 bits per heavy atom. The van der Waals surface area contributed by atoms with E-state index in [4.69, 9.17) is 9.40 Å². The smallest absolute Gasteiger partial charge is 0.160 e. The summed E-state index contributed by atoms with van der Waals surface area (Å²) in [5, 5.41) is 2.19. The number of rotatable bonds is 3. The van der Waals surface area contributed by atoms with Gasteiger partial charge in [0.2, 0.25) is 0 Å². The van der Waals surface area contributed by atoms with Crippen LogP contribution >= 0.6 is 0 Å². The number of para-hydroxylation sites is 2. The van der Waals surface area contributed by atoms with Crippen molar-refractivity contribution in [3.8, 4) is 33.8 Å². The van der Waals surface area contributed by atoms with Crippen LogP contribution in [-0.4, -0.2) is 15.0 Å². The predicted molar refractivity (Wildman–Crippen MR) is 123 cm³/mol. The van der Waals surface area contributed by atoms with E-state index in [0.717, 1.165) is 49.9 Å². The van der Waals surface area contributed by atoms with E-state index in [-0.39, 0.29) is 0 Å². The van der Waals surface area contributed by atoms with Gasteiger partial charge in [-0.2, -0.15) is 0 Å². The number of benzene rings is 3. The monoisotopic (exact) mass is 399 g/mol. The van der Waals surface area contributed by atoms with Crippen LogP contribution in [0.15, 0.2) is 108 Å². The van der Waals surface area contributed by atoms with Gasteiger partial charge in [-0.05, 0) is 29.8 Å². The third kappa shape index (κ3) is 2.97. The summed E-state index contributed by atoms with van der Waals surface area (Å²) < 4.78 is 6.21. The molecule has 4 heteroatoms. The lowest BCUT2D eigenvalue weighted by Crippen LogP contribution is -1.94. The van der Waals surface area contributed by atoms with Gasteiger partial charge >= 0.3 is 0 Å². The van der Waals surface area contributed by atoms with Crippen LogP contribution in [-0.2, 0) is 0 Å². The standard InChI is InChI=1S/C27H17N3O/c1-2-10-22(19(8-1)18-7-6-15-28-17-18)27-29-16-14-24(30-27)23-12-5-11-21-20-9-3-4-13-25(20)31-26(21)23/h1-17H. The average Bonchev–Trinajstić information content (AvgIpc) is 3.24. The van der Waals surface area contributed by atoms with E-state index in [1.54, 1.807) is 12.4 Å². The van der Waals surface area contributed by atoms with Gasteiger partial charge < -0.3 is 4.42 Å². The molecule has 3 aromatic carbocycles. The minimum Gasteiger partial charge on any atom is -0.455 e. The number of furan rings is 1. The van der Waals surface area contributed by atoms with Crippen molar-refractivity contribution in [2.45, 2.75) is 0 Å². The lowest BCUT2D eigenvalue weighted by molar-refractivity contribution is 0.670. The Labute approximate surface area is 178 Å². The van der Waals surface area contributed by atoms with E-state index in [2.05, 4.69) is 28.2 Å². The van der Waals surface area contributed by atoms with Gasteiger partial charge in [-0.3, -0.25) is 4.98 Å². The molecule has 0 fully saturated rings. The SMILES string of the molecule is c1cncc(-c2ccccc2-c2nccc(-c3cccc4c3oc3ccccc34)n2)c1. The number of hydrogen-bond donors (Lipinski definition) is 0. The van der Waals surface area contributed by atoms with E-state index in [0.29, 0.717) is 5.82 Å². The van der Waals surface area contributed by atoms with Crippen LogP contribution in [0.3, 0.4) is 0 Å². The summed E-state index contributed by atoms with van der Waals surface area (Å²) in [7, 11) is 0. The summed E-state index contributed by atoms with van der Waals surface area (Å²) in [5.74, 6) is 0.671. The van der Waals surface area contributed by atoms with Gasteiger partial charge in [0.15, 0.2) is 5.82 Å². The number of pyridine rings is 1. The molecule has 3 aromatic heterocycles. The Morgan fingerprint density at radius 1 is 0.613 bits per heavy atom. The molecule has 0 saturated carbocycles. The summed E-state index contributed by atoms with van der Waals surface area (Å²) in [6.45, 7) is 0. The van der Waals surface area contributed by atoms with Gasteiger partial charge in [-0.15, -0.1) is 0 Å². The molecular formula is C27H17N3O. The quantitative estimate of drug-likeness (QED) is 0.329. The first-order valence-corrected chi connectivity index (χ1v) is 10.1. The summed E-state index contributed by atoms with van der Waals surface area (Å²) in [5.41, 5.74) is 6.55. The normalized spacial score (nSPS) is 11.2. The second-order valence-electron chi connectivity index (χ2n) is 7.33. The zero-order chi connectivity index (χ0) is 20.6. The minimum absolute atomic E-state index is 0.671. The molecule has 0 N–H and O–H groups in total. The van der Waals surface area contributed by atoms with Gasteiger partial charge in [0.25, 0.3) is 0 Å². The highest BCUT2D eigenvalue weighted by Crippen LogP contribution is 2.36. The van der Waals surface area contributed by atoms with Crippen molar-refractivity contribution in [2.24, 2.45) is 0 Å². The summed E-state index contributed by atoms with van der Waals surface area (Å²) in [6.07, 6.45) is 5.44. The van der Waals surface area contributed by atoms with Gasteiger partial charge in [0.05, 0.1) is 5.69 Å². The van der Waals surface area contributed by atoms with Crippen molar-refractivity contribution in [2.75, 3.05) is 0 Å². The molecule has 0 saturated heterocycles. The average molecular weight is 399 g/mol. The van der Waals surface area contributed by atoms with Gasteiger partial charge in [0.1, 0.15) is 11.2 Å². The Kier molecular flexibility index (Phi) is 4.06. The molecule has 0 unspecified atom stereocenters. The number of aromatic nitrogens is 3. The maximum atomic E-state index is 6.21. The zero-order valence-electron chi connectivity index (χ0n) is 16.6. The van der Waals surface area contributed by atoms with E-state index in [9.17, 15) is 0 Å². The molecule has 4 nitrogen and oxygen atoms in total. The van der Waals surface area contributed by atoms with Crippen LogP contribution in [0.1, 0.15) is 0 Å². The Morgan fingerprint density at radius 2 is 1.42 bits per heavy atom. The summed E-state index contributed by atoms with van der Waals surface area (Å²) >= 11 is 0. The molecule has 0 spiro atoms. The molecular weight excluding hydrogens is 382 g/mol. The molecule has 0 radical (unpaired) electrons. The fraction of sp³-hybridized carbons (Fsp3) is 0. The first kappa shape index (κ1) is 17.5. The fourth-order valence-corrected chi connectivity index (χ4v) is 4.04.